The fourth-order valence-electron chi connectivity index (χ4n) is 1.81. The van der Waals surface area contributed by atoms with Gasteiger partial charge >= 0.3 is 0 Å². The van der Waals surface area contributed by atoms with Gasteiger partial charge in [0, 0.05) is 25.0 Å². The molecule has 0 unspecified atom stereocenters. The molecule has 0 saturated carbocycles. The van der Waals surface area contributed by atoms with E-state index in [4.69, 9.17) is 4.98 Å². The first-order valence-corrected chi connectivity index (χ1v) is 7.34. The van der Waals surface area contributed by atoms with Gasteiger partial charge in [-0.1, -0.05) is 13.8 Å². The summed E-state index contributed by atoms with van der Waals surface area (Å²) in [6, 6.07) is 3.88. The van der Waals surface area contributed by atoms with Gasteiger partial charge in [0.2, 0.25) is 0 Å². The maximum Gasteiger partial charge on any atom is 0.163 e. The molecule has 0 fully saturated rings. The molecule has 0 aliphatic carbocycles. The molecule has 0 amide bonds. The standard InChI is InChI=1S/C14H17IN4/c1-9(2)7-11-12(15)14(16-3)19-13(18-11)10-5-4-6-17-8-10/h4-6,8-9H,7H2,1-3H3,(H,16,18,19). The summed E-state index contributed by atoms with van der Waals surface area (Å²) < 4.78 is 1.10. The summed E-state index contributed by atoms with van der Waals surface area (Å²) in [6.07, 6.45) is 4.49. The quantitative estimate of drug-likeness (QED) is 0.841. The van der Waals surface area contributed by atoms with E-state index in [2.05, 4.69) is 51.7 Å². The second-order valence-corrected chi connectivity index (χ2v) is 5.82. The number of halogens is 1. The molecule has 2 heterocycles. The lowest BCUT2D eigenvalue weighted by Crippen LogP contribution is -2.07. The molecule has 0 bridgehead atoms. The molecule has 100 valence electrons. The van der Waals surface area contributed by atoms with Gasteiger partial charge in [0.15, 0.2) is 5.82 Å². The van der Waals surface area contributed by atoms with Crippen molar-refractivity contribution < 1.29 is 0 Å². The SMILES string of the molecule is CNc1nc(-c2cccnc2)nc(CC(C)C)c1I. The average Bonchev–Trinajstić information content (AvgIpc) is 2.41. The number of aromatic nitrogens is 3. The highest BCUT2D eigenvalue weighted by molar-refractivity contribution is 14.1. The molecule has 0 aromatic carbocycles. The zero-order valence-electron chi connectivity index (χ0n) is 11.3. The Morgan fingerprint density at radius 3 is 2.68 bits per heavy atom. The molecule has 5 heteroatoms. The first-order chi connectivity index (χ1) is 9.11. The first kappa shape index (κ1) is 14.2. The smallest absolute Gasteiger partial charge is 0.163 e. The Hall–Kier alpha value is -1.24. The van der Waals surface area contributed by atoms with Crippen LogP contribution in [0.15, 0.2) is 24.5 Å². The Kier molecular flexibility index (Phi) is 4.68. The van der Waals surface area contributed by atoms with Crippen molar-refractivity contribution in [3.8, 4) is 11.4 Å². The predicted molar refractivity (Wildman–Crippen MR) is 86.1 cm³/mol. The molecule has 1 N–H and O–H groups in total. The van der Waals surface area contributed by atoms with Gasteiger partial charge in [-0.15, -0.1) is 0 Å². The molecular weight excluding hydrogens is 351 g/mol. The lowest BCUT2D eigenvalue weighted by atomic mass is 10.1. The van der Waals surface area contributed by atoms with Crippen LogP contribution in [0.4, 0.5) is 5.82 Å². The Morgan fingerprint density at radius 2 is 2.11 bits per heavy atom. The third-order valence-electron chi connectivity index (χ3n) is 2.68. The van der Waals surface area contributed by atoms with E-state index in [1.54, 1.807) is 12.4 Å². The molecule has 0 spiro atoms. The third kappa shape index (κ3) is 3.40. The summed E-state index contributed by atoms with van der Waals surface area (Å²) in [5, 5.41) is 3.14. The van der Waals surface area contributed by atoms with Crippen LogP contribution in [0.25, 0.3) is 11.4 Å². The van der Waals surface area contributed by atoms with Gasteiger partial charge in [-0.25, -0.2) is 9.97 Å². The van der Waals surface area contributed by atoms with Crippen LogP contribution in [-0.4, -0.2) is 22.0 Å². The molecule has 4 nitrogen and oxygen atoms in total. The molecule has 0 aliphatic rings. The van der Waals surface area contributed by atoms with E-state index in [9.17, 15) is 0 Å². The van der Waals surface area contributed by atoms with Crippen molar-refractivity contribution in [3.05, 3.63) is 33.8 Å². The van der Waals surface area contributed by atoms with E-state index in [-0.39, 0.29) is 0 Å². The largest absolute Gasteiger partial charge is 0.372 e. The third-order valence-corrected chi connectivity index (χ3v) is 3.81. The fourth-order valence-corrected chi connectivity index (χ4v) is 2.54. The topological polar surface area (TPSA) is 50.7 Å². The highest BCUT2D eigenvalue weighted by Crippen LogP contribution is 2.25. The van der Waals surface area contributed by atoms with Crippen molar-refractivity contribution in [1.29, 1.82) is 0 Å². The molecule has 0 saturated heterocycles. The van der Waals surface area contributed by atoms with Crippen molar-refractivity contribution in [1.82, 2.24) is 15.0 Å². The monoisotopic (exact) mass is 368 g/mol. The van der Waals surface area contributed by atoms with Crippen LogP contribution >= 0.6 is 22.6 Å². The van der Waals surface area contributed by atoms with Crippen LogP contribution in [0, 0.1) is 9.49 Å². The Labute approximate surface area is 127 Å². The molecule has 2 aromatic rings. The number of hydrogen-bond donors (Lipinski definition) is 1. The highest BCUT2D eigenvalue weighted by atomic mass is 127. The number of nitrogens with zero attached hydrogens (tertiary/aromatic N) is 3. The number of pyridine rings is 1. The van der Waals surface area contributed by atoms with E-state index in [1.807, 2.05) is 19.2 Å². The summed E-state index contributed by atoms with van der Waals surface area (Å²) in [7, 11) is 1.89. The summed E-state index contributed by atoms with van der Waals surface area (Å²) in [4.78, 5) is 13.4. The van der Waals surface area contributed by atoms with Gasteiger partial charge in [-0.05, 0) is 47.1 Å². The summed E-state index contributed by atoms with van der Waals surface area (Å²) >= 11 is 2.31. The second-order valence-electron chi connectivity index (χ2n) is 4.75. The first-order valence-electron chi connectivity index (χ1n) is 6.26. The van der Waals surface area contributed by atoms with Crippen LogP contribution in [-0.2, 0) is 6.42 Å². The van der Waals surface area contributed by atoms with Crippen molar-refractivity contribution in [2.75, 3.05) is 12.4 Å². The average molecular weight is 368 g/mol. The second kappa shape index (κ2) is 6.27. The van der Waals surface area contributed by atoms with Crippen molar-refractivity contribution in [2.24, 2.45) is 5.92 Å². The van der Waals surface area contributed by atoms with Crippen LogP contribution in [0.5, 0.6) is 0 Å². The van der Waals surface area contributed by atoms with Gasteiger partial charge in [0.05, 0.1) is 9.26 Å². The van der Waals surface area contributed by atoms with Crippen LogP contribution in [0.1, 0.15) is 19.5 Å². The number of rotatable bonds is 4. The van der Waals surface area contributed by atoms with Crippen LogP contribution in [0.3, 0.4) is 0 Å². The van der Waals surface area contributed by atoms with E-state index >= 15 is 0 Å². The zero-order chi connectivity index (χ0) is 13.8. The van der Waals surface area contributed by atoms with Gasteiger partial charge in [-0.2, -0.15) is 0 Å². The molecular formula is C14H17IN4. The predicted octanol–water partition coefficient (Wildman–Crippen LogP) is 3.38. The molecule has 19 heavy (non-hydrogen) atoms. The highest BCUT2D eigenvalue weighted by Gasteiger charge is 2.13. The van der Waals surface area contributed by atoms with Gasteiger partial charge in [0.25, 0.3) is 0 Å². The van der Waals surface area contributed by atoms with E-state index in [0.29, 0.717) is 5.92 Å². The van der Waals surface area contributed by atoms with Crippen LogP contribution in [0.2, 0.25) is 0 Å². The lowest BCUT2D eigenvalue weighted by molar-refractivity contribution is 0.632. The lowest BCUT2D eigenvalue weighted by Gasteiger charge is -2.12. The Bertz CT molecular complexity index is 555. The summed E-state index contributed by atoms with van der Waals surface area (Å²) in [5.74, 6) is 2.17. The maximum absolute atomic E-state index is 4.69. The summed E-state index contributed by atoms with van der Waals surface area (Å²) in [6.45, 7) is 4.39. The molecule has 2 rings (SSSR count). The number of nitrogens with one attached hydrogen (secondary N) is 1. The van der Waals surface area contributed by atoms with E-state index < -0.39 is 0 Å². The van der Waals surface area contributed by atoms with Crippen molar-refractivity contribution in [3.63, 3.8) is 0 Å². The van der Waals surface area contributed by atoms with Crippen molar-refractivity contribution in [2.45, 2.75) is 20.3 Å². The zero-order valence-corrected chi connectivity index (χ0v) is 13.5. The van der Waals surface area contributed by atoms with E-state index in [0.717, 1.165) is 32.9 Å². The number of anilines is 1. The minimum atomic E-state index is 0.565. The molecule has 0 aliphatic heterocycles. The Balaban J connectivity index is 2.51. The molecule has 0 radical (unpaired) electrons. The minimum absolute atomic E-state index is 0.565. The van der Waals surface area contributed by atoms with E-state index in [1.165, 1.54) is 0 Å². The van der Waals surface area contributed by atoms with Gasteiger partial charge in [-0.3, -0.25) is 4.98 Å². The molecule has 0 atom stereocenters. The van der Waals surface area contributed by atoms with Gasteiger partial charge in [0.1, 0.15) is 5.82 Å². The number of hydrogen-bond acceptors (Lipinski definition) is 4. The fraction of sp³-hybridized carbons (Fsp3) is 0.357. The van der Waals surface area contributed by atoms with Gasteiger partial charge < -0.3 is 5.32 Å². The van der Waals surface area contributed by atoms with Crippen molar-refractivity contribution >= 4 is 28.4 Å². The maximum atomic E-state index is 4.69. The summed E-state index contributed by atoms with van der Waals surface area (Å²) in [5.41, 5.74) is 2.04. The van der Waals surface area contributed by atoms with Crippen LogP contribution < -0.4 is 5.32 Å². The normalized spacial score (nSPS) is 10.8. The molecule has 2 aromatic heterocycles. The Morgan fingerprint density at radius 1 is 1.32 bits per heavy atom. The minimum Gasteiger partial charge on any atom is -0.372 e.